The number of nitrogens with zero attached hydrogens (tertiary/aromatic N) is 2. The van der Waals surface area contributed by atoms with Gasteiger partial charge >= 0.3 is 5.69 Å². The quantitative estimate of drug-likeness (QED) is 0.836. The molecule has 1 heterocycles. The monoisotopic (exact) mass is 273 g/mol. The second kappa shape index (κ2) is 5.16. The largest absolute Gasteiger partial charge is 0.363 e. The number of H-pyrrole nitrogens is 1. The number of aromatic nitrogens is 2. The molecular weight excluding hydrogens is 258 g/mol. The molecule has 0 aliphatic rings. The molecule has 0 bridgehead atoms. The van der Waals surface area contributed by atoms with E-state index in [1.165, 1.54) is 4.90 Å². The number of benzene rings is 1. The van der Waals surface area contributed by atoms with E-state index in [1.807, 2.05) is 13.0 Å². The van der Waals surface area contributed by atoms with Crippen LogP contribution >= 0.6 is 0 Å². The van der Waals surface area contributed by atoms with E-state index in [9.17, 15) is 14.4 Å². The molecule has 0 spiro atoms. The van der Waals surface area contributed by atoms with Crippen molar-refractivity contribution in [3.05, 3.63) is 56.2 Å². The van der Waals surface area contributed by atoms with Gasteiger partial charge in [-0.05, 0) is 24.6 Å². The van der Waals surface area contributed by atoms with Crippen LogP contribution in [0, 0.1) is 6.92 Å². The number of rotatable bonds is 3. The van der Waals surface area contributed by atoms with Gasteiger partial charge in [0.1, 0.15) is 11.4 Å². The topological polar surface area (TPSA) is 75.2 Å². The number of aromatic amines is 1. The number of aryl methyl sites for hydroxylation is 1. The molecule has 1 aromatic carbocycles. The lowest BCUT2D eigenvalue weighted by atomic mass is 10.2. The van der Waals surface area contributed by atoms with E-state index >= 15 is 0 Å². The van der Waals surface area contributed by atoms with E-state index in [4.69, 9.17) is 0 Å². The van der Waals surface area contributed by atoms with Crippen LogP contribution in [0.1, 0.15) is 15.9 Å². The zero-order chi connectivity index (χ0) is 14.9. The Morgan fingerprint density at radius 3 is 2.50 bits per heavy atom. The van der Waals surface area contributed by atoms with E-state index in [-0.39, 0.29) is 11.4 Å². The fraction of sp³-hybridized carbons (Fsp3) is 0.214. The molecule has 2 rings (SSSR count). The van der Waals surface area contributed by atoms with E-state index in [0.29, 0.717) is 12.0 Å². The molecule has 0 unspecified atom stereocenters. The summed E-state index contributed by atoms with van der Waals surface area (Å²) >= 11 is 0. The van der Waals surface area contributed by atoms with Crippen molar-refractivity contribution in [2.75, 3.05) is 19.0 Å². The molecule has 0 aliphatic heterocycles. The third-order valence-electron chi connectivity index (χ3n) is 2.94. The van der Waals surface area contributed by atoms with Crippen LogP contribution in [0.25, 0.3) is 5.69 Å². The van der Waals surface area contributed by atoms with Gasteiger partial charge in [-0.15, -0.1) is 0 Å². The van der Waals surface area contributed by atoms with Crippen LogP contribution in [0.2, 0.25) is 0 Å². The third kappa shape index (κ3) is 2.27. The molecule has 0 atom stereocenters. The van der Waals surface area contributed by atoms with Gasteiger partial charge in [0.05, 0.1) is 5.69 Å². The number of carbonyl (C=O) groups is 1. The highest BCUT2D eigenvalue weighted by Crippen LogP contribution is 2.10. The average molecular weight is 273 g/mol. The fourth-order valence-corrected chi connectivity index (χ4v) is 2.00. The van der Waals surface area contributed by atoms with Crippen molar-refractivity contribution in [1.29, 1.82) is 0 Å². The number of aldehydes is 1. The van der Waals surface area contributed by atoms with Crippen molar-refractivity contribution in [2.24, 2.45) is 0 Å². The number of hydrogen-bond acceptors (Lipinski definition) is 4. The number of carbonyl (C=O) groups excluding carboxylic acids is 1. The molecule has 0 aliphatic carbocycles. The van der Waals surface area contributed by atoms with Gasteiger partial charge < -0.3 is 4.90 Å². The minimum atomic E-state index is -0.627. The van der Waals surface area contributed by atoms with Crippen LogP contribution in [-0.2, 0) is 0 Å². The van der Waals surface area contributed by atoms with Gasteiger partial charge in [-0.25, -0.2) is 9.36 Å². The van der Waals surface area contributed by atoms with E-state index in [1.54, 1.807) is 32.3 Å². The van der Waals surface area contributed by atoms with Crippen molar-refractivity contribution in [3.8, 4) is 5.69 Å². The molecule has 0 radical (unpaired) electrons. The number of hydrogen-bond donors (Lipinski definition) is 1. The normalized spacial score (nSPS) is 10.3. The summed E-state index contributed by atoms with van der Waals surface area (Å²) < 4.78 is 0.962. The maximum absolute atomic E-state index is 12.3. The minimum absolute atomic E-state index is 0.0730. The molecule has 104 valence electrons. The summed E-state index contributed by atoms with van der Waals surface area (Å²) in [5.74, 6) is 0.207. The molecule has 1 aromatic heterocycles. The highest BCUT2D eigenvalue weighted by atomic mass is 16.2. The minimum Gasteiger partial charge on any atom is -0.363 e. The van der Waals surface area contributed by atoms with Crippen LogP contribution in [0.4, 0.5) is 5.82 Å². The van der Waals surface area contributed by atoms with Crippen molar-refractivity contribution < 1.29 is 4.79 Å². The molecule has 0 saturated heterocycles. The zero-order valence-corrected chi connectivity index (χ0v) is 11.5. The summed E-state index contributed by atoms with van der Waals surface area (Å²) in [6.07, 6.45) is 0.458. The van der Waals surface area contributed by atoms with Crippen LogP contribution in [-0.4, -0.2) is 29.9 Å². The Hall–Kier alpha value is -2.63. The summed E-state index contributed by atoms with van der Waals surface area (Å²) in [6.45, 7) is 1.86. The summed E-state index contributed by atoms with van der Waals surface area (Å²) in [4.78, 5) is 39.7. The van der Waals surface area contributed by atoms with Gasteiger partial charge in [0, 0.05) is 14.1 Å². The first-order chi connectivity index (χ1) is 9.45. The molecule has 6 heteroatoms. The SMILES string of the molecule is Cc1cccc(-n2c(=O)[nH]c(N(C)C)c(C=O)c2=O)c1. The molecule has 2 aromatic rings. The Labute approximate surface area is 115 Å². The Balaban J connectivity index is 2.83. The Kier molecular flexibility index (Phi) is 3.56. The van der Waals surface area contributed by atoms with Crippen molar-refractivity contribution in [1.82, 2.24) is 9.55 Å². The van der Waals surface area contributed by atoms with E-state index in [2.05, 4.69) is 4.98 Å². The lowest BCUT2D eigenvalue weighted by Gasteiger charge is -2.15. The standard InChI is InChI=1S/C14H15N3O3/c1-9-5-4-6-10(7-9)17-13(19)11(8-18)12(16(2)3)15-14(17)20/h4-8H,1-3H3,(H,15,20). The Morgan fingerprint density at radius 2 is 1.95 bits per heavy atom. The van der Waals surface area contributed by atoms with Gasteiger partial charge in [0.15, 0.2) is 6.29 Å². The lowest BCUT2D eigenvalue weighted by molar-refractivity contribution is 0.112. The zero-order valence-electron chi connectivity index (χ0n) is 11.5. The van der Waals surface area contributed by atoms with E-state index in [0.717, 1.165) is 10.1 Å². The smallest absolute Gasteiger partial charge is 0.334 e. The first-order valence-corrected chi connectivity index (χ1v) is 6.04. The Bertz CT molecular complexity index is 772. The van der Waals surface area contributed by atoms with Crippen LogP contribution in [0.5, 0.6) is 0 Å². The van der Waals surface area contributed by atoms with Gasteiger partial charge in [-0.3, -0.25) is 14.6 Å². The second-order valence-corrected chi connectivity index (χ2v) is 4.68. The Morgan fingerprint density at radius 1 is 1.25 bits per heavy atom. The summed E-state index contributed by atoms with van der Waals surface area (Å²) in [6, 6.07) is 6.96. The fourth-order valence-electron chi connectivity index (χ4n) is 2.00. The molecular formula is C14H15N3O3. The van der Waals surface area contributed by atoms with Crippen molar-refractivity contribution in [2.45, 2.75) is 6.92 Å². The maximum atomic E-state index is 12.3. The predicted molar refractivity (Wildman–Crippen MR) is 77.1 cm³/mol. The molecule has 0 saturated carbocycles. The predicted octanol–water partition coefficient (Wildman–Crippen LogP) is 0.713. The van der Waals surface area contributed by atoms with Gasteiger partial charge in [0.2, 0.25) is 0 Å². The summed E-state index contributed by atoms with van der Waals surface area (Å²) in [7, 11) is 3.30. The number of nitrogens with one attached hydrogen (secondary N) is 1. The maximum Gasteiger partial charge on any atom is 0.334 e. The first kappa shape index (κ1) is 13.8. The van der Waals surface area contributed by atoms with Crippen LogP contribution < -0.4 is 16.1 Å². The first-order valence-electron chi connectivity index (χ1n) is 6.04. The summed E-state index contributed by atoms with van der Waals surface area (Å²) in [5.41, 5.74) is 0.0758. The highest BCUT2D eigenvalue weighted by Gasteiger charge is 2.15. The lowest BCUT2D eigenvalue weighted by Crippen LogP contribution is -2.38. The highest BCUT2D eigenvalue weighted by molar-refractivity contribution is 5.82. The molecule has 0 amide bonds. The molecule has 20 heavy (non-hydrogen) atoms. The second-order valence-electron chi connectivity index (χ2n) is 4.68. The van der Waals surface area contributed by atoms with Gasteiger partial charge in [-0.2, -0.15) is 0 Å². The van der Waals surface area contributed by atoms with Crippen molar-refractivity contribution in [3.63, 3.8) is 0 Å². The molecule has 6 nitrogen and oxygen atoms in total. The van der Waals surface area contributed by atoms with Gasteiger partial charge in [0.25, 0.3) is 5.56 Å². The third-order valence-corrected chi connectivity index (χ3v) is 2.94. The van der Waals surface area contributed by atoms with Crippen LogP contribution in [0.3, 0.4) is 0 Å². The number of anilines is 1. The van der Waals surface area contributed by atoms with Gasteiger partial charge in [-0.1, -0.05) is 12.1 Å². The molecule has 0 fully saturated rings. The summed E-state index contributed by atoms with van der Waals surface area (Å²) in [5, 5.41) is 0. The molecule has 1 N–H and O–H groups in total. The average Bonchev–Trinajstić information content (AvgIpc) is 2.38. The van der Waals surface area contributed by atoms with Crippen LogP contribution in [0.15, 0.2) is 33.9 Å². The van der Waals surface area contributed by atoms with E-state index < -0.39 is 11.2 Å². The van der Waals surface area contributed by atoms with Crippen molar-refractivity contribution >= 4 is 12.1 Å².